The second-order valence-corrected chi connectivity index (χ2v) is 6.17. The fourth-order valence-electron chi connectivity index (χ4n) is 2.51. The Labute approximate surface area is 125 Å². The highest BCUT2D eigenvalue weighted by atomic mass is 15.1. The summed E-state index contributed by atoms with van der Waals surface area (Å²) in [6, 6.07) is 9.17. The molecule has 114 valence electrons. The molecule has 0 saturated carbocycles. The average molecular weight is 276 g/mol. The minimum Gasteiger partial charge on any atom is -0.316 e. The van der Waals surface area contributed by atoms with Crippen LogP contribution >= 0.6 is 0 Å². The van der Waals surface area contributed by atoms with Gasteiger partial charge in [0.15, 0.2) is 0 Å². The van der Waals surface area contributed by atoms with E-state index in [1.165, 1.54) is 17.7 Å². The van der Waals surface area contributed by atoms with Crippen LogP contribution in [-0.4, -0.2) is 31.1 Å². The van der Waals surface area contributed by atoms with Gasteiger partial charge in [-0.05, 0) is 36.1 Å². The zero-order chi connectivity index (χ0) is 15.0. The third kappa shape index (κ3) is 6.06. The van der Waals surface area contributed by atoms with Gasteiger partial charge in [-0.1, -0.05) is 58.9 Å². The lowest BCUT2D eigenvalue weighted by Gasteiger charge is -2.23. The minimum atomic E-state index is 0.585. The van der Waals surface area contributed by atoms with E-state index in [9.17, 15) is 0 Å². The molecule has 1 rings (SSSR count). The van der Waals surface area contributed by atoms with E-state index >= 15 is 0 Å². The number of nitrogens with zero attached hydrogens (tertiary/aromatic N) is 1. The maximum Gasteiger partial charge on any atom is 0.0233 e. The SMILES string of the molecule is CCNCC(C)c1ccc(CN(CC)CC(C)C)cc1. The Balaban J connectivity index is 2.57. The van der Waals surface area contributed by atoms with Gasteiger partial charge in [-0.15, -0.1) is 0 Å². The number of rotatable bonds is 9. The van der Waals surface area contributed by atoms with Gasteiger partial charge in [0, 0.05) is 19.6 Å². The molecule has 20 heavy (non-hydrogen) atoms. The molecule has 0 spiro atoms. The zero-order valence-corrected chi connectivity index (χ0v) is 13.9. The Morgan fingerprint density at radius 1 is 1.05 bits per heavy atom. The normalized spacial score (nSPS) is 13.2. The fourth-order valence-corrected chi connectivity index (χ4v) is 2.51. The molecular formula is C18H32N2. The first kappa shape index (κ1) is 17.2. The van der Waals surface area contributed by atoms with Gasteiger partial charge < -0.3 is 5.32 Å². The number of nitrogens with one attached hydrogen (secondary N) is 1. The highest BCUT2D eigenvalue weighted by Crippen LogP contribution is 2.16. The van der Waals surface area contributed by atoms with E-state index in [-0.39, 0.29) is 0 Å². The van der Waals surface area contributed by atoms with Crippen molar-refractivity contribution in [1.82, 2.24) is 10.2 Å². The molecule has 0 aliphatic carbocycles. The lowest BCUT2D eigenvalue weighted by atomic mass is 9.99. The Morgan fingerprint density at radius 3 is 2.20 bits per heavy atom. The number of hydrogen-bond acceptors (Lipinski definition) is 2. The molecule has 0 radical (unpaired) electrons. The Morgan fingerprint density at radius 2 is 1.70 bits per heavy atom. The van der Waals surface area contributed by atoms with Crippen LogP contribution in [0.2, 0.25) is 0 Å². The van der Waals surface area contributed by atoms with Crippen molar-refractivity contribution in [2.24, 2.45) is 5.92 Å². The van der Waals surface area contributed by atoms with Crippen LogP contribution in [-0.2, 0) is 6.54 Å². The molecule has 0 heterocycles. The highest BCUT2D eigenvalue weighted by Gasteiger charge is 2.08. The third-order valence-corrected chi connectivity index (χ3v) is 3.73. The molecule has 1 aromatic carbocycles. The van der Waals surface area contributed by atoms with E-state index in [4.69, 9.17) is 0 Å². The maximum absolute atomic E-state index is 3.42. The van der Waals surface area contributed by atoms with Gasteiger partial charge in [-0.25, -0.2) is 0 Å². The molecular weight excluding hydrogens is 244 g/mol. The van der Waals surface area contributed by atoms with Crippen molar-refractivity contribution in [3.63, 3.8) is 0 Å². The standard InChI is InChI=1S/C18H32N2/c1-6-19-12-16(5)18-10-8-17(9-11-18)14-20(7-2)13-15(3)4/h8-11,15-16,19H,6-7,12-14H2,1-5H3. The molecule has 0 aliphatic rings. The summed E-state index contributed by atoms with van der Waals surface area (Å²) in [6.45, 7) is 16.7. The number of benzene rings is 1. The van der Waals surface area contributed by atoms with Gasteiger partial charge in [0.05, 0.1) is 0 Å². The second kappa shape index (κ2) is 9.15. The van der Waals surface area contributed by atoms with E-state index < -0.39 is 0 Å². The molecule has 0 saturated heterocycles. The first-order valence-electron chi connectivity index (χ1n) is 8.08. The summed E-state index contributed by atoms with van der Waals surface area (Å²) in [5, 5.41) is 3.42. The zero-order valence-electron chi connectivity index (χ0n) is 13.9. The summed E-state index contributed by atoms with van der Waals surface area (Å²) in [5.74, 6) is 1.32. The molecule has 0 amide bonds. The molecule has 1 atom stereocenters. The first-order chi connectivity index (χ1) is 9.56. The minimum absolute atomic E-state index is 0.585. The van der Waals surface area contributed by atoms with E-state index in [1.54, 1.807) is 0 Å². The van der Waals surface area contributed by atoms with Gasteiger partial charge >= 0.3 is 0 Å². The van der Waals surface area contributed by atoms with Gasteiger partial charge in [-0.2, -0.15) is 0 Å². The van der Waals surface area contributed by atoms with Crippen molar-refractivity contribution in [3.05, 3.63) is 35.4 Å². The summed E-state index contributed by atoms with van der Waals surface area (Å²) in [7, 11) is 0. The van der Waals surface area contributed by atoms with Crippen LogP contribution < -0.4 is 5.32 Å². The van der Waals surface area contributed by atoms with Crippen molar-refractivity contribution < 1.29 is 0 Å². The molecule has 1 N–H and O–H groups in total. The predicted molar refractivity (Wildman–Crippen MR) is 89.2 cm³/mol. The number of hydrogen-bond donors (Lipinski definition) is 1. The van der Waals surface area contributed by atoms with Crippen LogP contribution in [0.3, 0.4) is 0 Å². The lowest BCUT2D eigenvalue weighted by Crippen LogP contribution is -2.27. The van der Waals surface area contributed by atoms with E-state index in [2.05, 4.69) is 69.1 Å². The molecule has 0 bridgehead atoms. The molecule has 0 aliphatic heterocycles. The molecule has 1 unspecified atom stereocenters. The largest absolute Gasteiger partial charge is 0.316 e. The second-order valence-electron chi connectivity index (χ2n) is 6.17. The number of likely N-dealkylation sites (N-methyl/N-ethyl adjacent to an activating group) is 1. The summed E-state index contributed by atoms with van der Waals surface area (Å²) >= 11 is 0. The van der Waals surface area contributed by atoms with E-state index in [0.29, 0.717) is 5.92 Å². The van der Waals surface area contributed by atoms with Crippen molar-refractivity contribution in [2.75, 3.05) is 26.2 Å². The van der Waals surface area contributed by atoms with Crippen LogP contribution in [0.25, 0.3) is 0 Å². The van der Waals surface area contributed by atoms with Crippen molar-refractivity contribution in [3.8, 4) is 0 Å². The van der Waals surface area contributed by atoms with Gasteiger partial charge in [0.2, 0.25) is 0 Å². The quantitative estimate of drug-likeness (QED) is 0.736. The fraction of sp³-hybridized carbons (Fsp3) is 0.667. The van der Waals surface area contributed by atoms with Crippen molar-refractivity contribution in [2.45, 2.75) is 47.1 Å². The summed E-state index contributed by atoms with van der Waals surface area (Å²) in [5.41, 5.74) is 2.86. The predicted octanol–water partition coefficient (Wildman–Crippen LogP) is 3.88. The summed E-state index contributed by atoms with van der Waals surface area (Å²) < 4.78 is 0. The smallest absolute Gasteiger partial charge is 0.0233 e. The monoisotopic (exact) mass is 276 g/mol. The van der Waals surface area contributed by atoms with Crippen LogP contribution in [0.5, 0.6) is 0 Å². The van der Waals surface area contributed by atoms with Crippen LogP contribution in [0.15, 0.2) is 24.3 Å². The summed E-state index contributed by atoms with van der Waals surface area (Å²) in [6.07, 6.45) is 0. The maximum atomic E-state index is 3.42. The first-order valence-corrected chi connectivity index (χ1v) is 8.08. The third-order valence-electron chi connectivity index (χ3n) is 3.73. The van der Waals surface area contributed by atoms with Gasteiger partial charge in [-0.3, -0.25) is 4.90 Å². The molecule has 0 aromatic heterocycles. The van der Waals surface area contributed by atoms with Crippen LogP contribution in [0, 0.1) is 5.92 Å². The van der Waals surface area contributed by atoms with Crippen LogP contribution in [0.4, 0.5) is 0 Å². The van der Waals surface area contributed by atoms with E-state index in [1.807, 2.05) is 0 Å². The van der Waals surface area contributed by atoms with E-state index in [0.717, 1.165) is 32.1 Å². The van der Waals surface area contributed by atoms with Crippen LogP contribution in [0.1, 0.15) is 51.7 Å². The summed E-state index contributed by atoms with van der Waals surface area (Å²) in [4.78, 5) is 2.52. The Bertz CT molecular complexity index is 356. The molecule has 2 nitrogen and oxygen atoms in total. The molecule has 2 heteroatoms. The van der Waals surface area contributed by atoms with Gasteiger partial charge in [0.25, 0.3) is 0 Å². The highest BCUT2D eigenvalue weighted by molar-refractivity contribution is 5.25. The topological polar surface area (TPSA) is 15.3 Å². The van der Waals surface area contributed by atoms with Gasteiger partial charge in [0.1, 0.15) is 0 Å². The average Bonchev–Trinajstić information content (AvgIpc) is 2.44. The Kier molecular flexibility index (Phi) is 7.86. The van der Waals surface area contributed by atoms with Crippen molar-refractivity contribution in [1.29, 1.82) is 0 Å². The molecule has 1 aromatic rings. The lowest BCUT2D eigenvalue weighted by molar-refractivity contribution is 0.248. The molecule has 0 fully saturated rings. The van der Waals surface area contributed by atoms with Crippen molar-refractivity contribution >= 4 is 0 Å². The Hall–Kier alpha value is -0.860.